The summed E-state index contributed by atoms with van der Waals surface area (Å²) in [5.41, 5.74) is 0.325. The van der Waals surface area contributed by atoms with Crippen molar-refractivity contribution < 1.29 is 32.3 Å². The molecule has 0 aliphatic carbocycles. The summed E-state index contributed by atoms with van der Waals surface area (Å²) in [4.78, 5) is 44.9. The first-order valence-corrected chi connectivity index (χ1v) is 15.3. The zero-order chi connectivity index (χ0) is 34.4. The minimum atomic E-state index is -4.66. The number of alkyl halides is 3. The Balaban J connectivity index is 1.13. The van der Waals surface area contributed by atoms with Crippen LogP contribution in [0.5, 0.6) is 11.5 Å². The van der Waals surface area contributed by atoms with Gasteiger partial charge >= 0.3 is 18.2 Å². The van der Waals surface area contributed by atoms with E-state index in [-0.39, 0.29) is 23.3 Å². The van der Waals surface area contributed by atoms with Gasteiger partial charge in [-0.25, -0.2) is 9.59 Å². The molecule has 5 N–H and O–H groups in total. The highest BCUT2D eigenvalue weighted by Gasteiger charge is 2.33. The molecule has 4 rings (SSSR count). The van der Waals surface area contributed by atoms with Gasteiger partial charge < -0.3 is 31.3 Å². The summed E-state index contributed by atoms with van der Waals surface area (Å²) in [7, 11) is 0. The standard InChI is InChI=1S/C33H33ClF3N7O4/c34-28-12-9-24(18-27(28)33(35,36)37)44-32(47)43-23-7-10-25(11-8-23)48-26-13-17-39-29(19-26)30(45)40-15-3-1-2-4-16-41-31(46)42-21-22-6-5-14-38-20-22/h5-14,17-20H,1-4,15-16,21H2,(H,40,45)(H2,41,42,46)(H2,43,44,47). The largest absolute Gasteiger partial charge is 0.457 e. The van der Waals surface area contributed by atoms with Crippen LogP contribution in [0.2, 0.25) is 5.02 Å². The number of ether oxygens (including phenoxy) is 1. The van der Waals surface area contributed by atoms with Crippen molar-refractivity contribution in [2.45, 2.75) is 38.4 Å². The minimum absolute atomic E-state index is 0.0781. The van der Waals surface area contributed by atoms with Gasteiger partial charge in [-0.1, -0.05) is 30.5 Å². The molecule has 2 heterocycles. The second-order valence-electron chi connectivity index (χ2n) is 10.4. The zero-order valence-electron chi connectivity index (χ0n) is 25.6. The molecule has 0 saturated heterocycles. The number of hydrogen-bond acceptors (Lipinski definition) is 6. The number of nitrogens with zero attached hydrogens (tertiary/aromatic N) is 2. The lowest BCUT2D eigenvalue weighted by Gasteiger charge is -2.12. The highest BCUT2D eigenvalue weighted by Crippen LogP contribution is 2.36. The van der Waals surface area contributed by atoms with E-state index in [9.17, 15) is 27.6 Å². The van der Waals surface area contributed by atoms with Gasteiger partial charge in [-0.2, -0.15) is 13.2 Å². The summed E-state index contributed by atoms with van der Waals surface area (Å²) in [5, 5.41) is 12.8. The van der Waals surface area contributed by atoms with E-state index < -0.39 is 22.8 Å². The minimum Gasteiger partial charge on any atom is -0.457 e. The van der Waals surface area contributed by atoms with Crippen LogP contribution in [0.15, 0.2) is 85.3 Å². The Morgan fingerprint density at radius 3 is 2.17 bits per heavy atom. The molecule has 0 aliphatic heterocycles. The second kappa shape index (κ2) is 17.5. The maximum absolute atomic E-state index is 13.1. The number of hydrogen-bond donors (Lipinski definition) is 5. The summed E-state index contributed by atoms with van der Waals surface area (Å²) >= 11 is 5.62. The van der Waals surface area contributed by atoms with E-state index in [4.69, 9.17) is 16.3 Å². The molecule has 11 nitrogen and oxygen atoms in total. The van der Waals surface area contributed by atoms with E-state index in [2.05, 4.69) is 36.6 Å². The first-order valence-electron chi connectivity index (χ1n) is 14.9. The first-order chi connectivity index (χ1) is 23.1. The number of urea groups is 2. The van der Waals surface area contributed by atoms with E-state index in [0.717, 1.165) is 43.4 Å². The molecule has 5 amide bonds. The smallest absolute Gasteiger partial charge is 0.417 e. The predicted octanol–water partition coefficient (Wildman–Crippen LogP) is 7.37. The third-order valence-corrected chi connectivity index (χ3v) is 7.02. The van der Waals surface area contributed by atoms with Crippen LogP contribution in [0.1, 0.15) is 47.3 Å². The van der Waals surface area contributed by atoms with Crippen LogP contribution in [0.4, 0.5) is 34.1 Å². The lowest BCUT2D eigenvalue weighted by atomic mass is 10.2. The Hall–Kier alpha value is -5.37. The molecule has 2 aromatic carbocycles. The van der Waals surface area contributed by atoms with Crippen molar-refractivity contribution in [3.63, 3.8) is 0 Å². The fraction of sp³-hybridized carbons (Fsp3) is 0.242. The van der Waals surface area contributed by atoms with Crippen molar-refractivity contribution in [2.24, 2.45) is 0 Å². The normalized spacial score (nSPS) is 10.9. The molecule has 0 aliphatic rings. The summed E-state index contributed by atoms with van der Waals surface area (Å²) in [5.74, 6) is 0.432. The van der Waals surface area contributed by atoms with E-state index in [1.54, 1.807) is 42.7 Å². The molecule has 4 aromatic rings. The van der Waals surface area contributed by atoms with Crippen molar-refractivity contribution in [1.82, 2.24) is 25.9 Å². The number of carbonyl (C=O) groups excluding carboxylic acids is 3. The monoisotopic (exact) mass is 683 g/mol. The number of halogens is 4. The molecule has 0 spiro atoms. The number of carbonyl (C=O) groups is 3. The van der Waals surface area contributed by atoms with E-state index in [1.807, 2.05) is 12.1 Å². The van der Waals surface area contributed by atoms with Crippen LogP contribution in [0.25, 0.3) is 0 Å². The van der Waals surface area contributed by atoms with Gasteiger partial charge in [0, 0.05) is 55.7 Å². The van der Waals surface area contributed by atoms with Crippen molar-refractivity contribution >= 4 is 40.9 Å². The predicted molar refractivity (Wildman–Crippen MR) is 175 cm³/mol. The first kappa shape index (κ1) is 35.5. The van der Waals surface area contributed by atoms with Gasteiger partial charge in [-0.3, -0.25) is 14.8 Å². The number of anilines is 2. The molecular weight excluding hydrogens is 651 g/mol. The average Bonchev–Trinajstić information content (AvgIpc) is 3.06. The van der Waals surface area contributed by atoms with E-state index in [1.165, 1.54) is 18.3 Å². The van der Waals surface area contributed by atoms with Gasteiger partial charge in [0.15, 0.2) is 0 Å². The number of amides is 5. The SMILES string of the molecule is O=C(NCCCCCCNC(=O)c1cc(Oc2ccc(NC(=O)Nc3ccc(Cl)c(C(F)(F)F)c3)cc2)ccn1)NCc1cccnc1. The fourth-order valence-corrected chi connectivity index (χ4v) is 4.53. The van der Waals surface area contributed by atoms with Gasteiger partial charge in [-0.15, -0.1) is 0 Å². The highest BCUT2D eigenvalue weighted by atomic mass is 35.5. The van der Waals surface area contributed by atoms with E-state index in [0.29, 0.717) is 36.8 Å². The summed E-state index contributed by atoms with van der Waals surface area (Å²) in [6.07, 6.45) is 3.51. The van der Waals surface area contributed by atoms with Gasteiger partial charge in [0.25, 0.3) is 5.91 Å². The van der Waals surface area contributed by atoms with E-state index >= 15 is 0 Å². The molecule has 0 unspecified atom stereocenters. The third-order valence-electron chi connectivity index (χ3n) is 6.69. The van der Waals surface area contributed by atoms with Gasteiger partial charge in [-0.05, 0) is 73.0 Å². The number of nitrogens with one attached hydrogen (secondary N) is 5. The Bertz CT molecular complexity index is 1680. The van der Waals surface area contributed by atoms with Gasteiger partial charge in [0.05, 0.1) is 10.6 Å². The molecule has 0 bridgehead atoms. The number of pyridine rings is 2. The van der Waals surface area contributed by atoms with Crippen molar-refractivity contribution in [3.8, 4) is 11.5 Å². The topological polar surface area (TPSA) is 146 Å². The molecule has 0 atom stereocenters. The molecule has 0 radical (unpaired) electrons. The molecule has 2 aromatic heterocycles. The fourth-order valence-electron chi connectivity index (χ4n) is 4.30. The Kier molecular flexibility index (Phi) is 13.0. The van der Waals surface area contributed by atoms with Gasteiger partial charge in [0.2, 0.25) is 0 Å². The summed E-state index contributed by atoms with van der Waals surface area (Å²) in [6, 6.07) is 15.1. The van der Waals surface area contributed by atoms with Crippen LogP contribution in [0, 0.1) is 0 Å². The molecule has 15 heteroatoms. The van der Waals surface area contributed by atoms with Crippen LogP contribution >= 0.6 is 11.6 Å². The average molecular weight is 684 g/mol. The second-order valence-corrected chi connectivity index (χ2v) is 10.8. The molecule has 0 saturated carbocycles. The number of rotatable bonds is 14. The lowest BCUT2D eigenvalue weighted by molar-refractivity contribution is -0.137. The van der Waals surface area contributed by atoms with Crippen molar-refractivity contribution in [1.29, 1.82) is 0 Å². The Morgan fingerprint density at radius 1 is 0.750 bits per heavy atom. The van der Waals surface area contributed by atoms with Crippen molar-refractivity contribution in [2.75, 3.05) is 23.7 Å². The van der Waals surface area contributed by atoms with Crippen LogP contribution in [-0.2, 0) is 12.7 Å². The number of aromatic nitrogens is 2. The molecule has 0 fully saturated rings. The quantitative estimate of drug-likeness (QED) is 0.0877. The van der Waals surface area contributed by atoms with Gasteiger partial charge in [0.1, 0.15) is 17.2 Å². The molecule has 48 heavy (non-hydrogen) atoms. The summed E-state index contributed by atoms with van der Waals surface area (Å²) in [6.45, 7) is 1.43. The third kappa shape index (κ3) is 11.8. The van der Waals surface area contributed by atoms with Crippen LogP contribution in [-0.4, -0.2) is 41.0 Å². The maximum Gasteiger partial charge on any atom is 0.417 e. The Labute approximate surface area is 279 Å². The summed E-state index contributed by atoms with van der Waals surface area (Å²) < 4.78 is 45.1. The maximum atomic E-state index is 13.1. The highest BCUT2D eigenvalue weighted by molar-refractivity contribution is 6.31. The zero-order valence-corrected chi connectivity index (χ0v) is 26.3. The lowest BCUT2D eigenvalue weighted by Crippen LogP contribution is -2.35. The van der Waals surface area contributed by atoms with Crippen molar-refractivity contribution in [3.05, 3.63) is 107 Å². The number of benzene rings is 2. The molecular formula is C33H33ClF3N7O4. The Morgan fingerprint density at radius 2 is 1.46 bits per heavy atom. The van der Waals surface area contributed by atoms with Crippen LogP contribution in [0.3, 0.4) is 0 Å². The number of unbranched alkanes of at least 4 members (excludes halogenated alkanes) is 3. The molecule has 252 valence electrons. The van der Waals surface area contributed by atoms with Crippen LogP contribution < -0.4 is 31.3 Å².